The van der Waals surface area contributed by atoms with Crippen LogP contribution in [0.5, 0.6) is 0 Å². The summed E-state index contributed by atoms with van der Waals surface area (Å²) in [6.07, 6.45) is -1.72. The van der Waals surface area contributed by atoms with E-state index in [0.717, 1.165) is 30.0 Å². The first kappa shape index (κ1) is 21.1. The van der Waals surface area contributed by atoms with E-state index in [2.05, 4.69) is 15.5 Å². The fourth-order valence-corrected chi connectivity index (χ4v) is 5.66. The van der Waals surface area contributed by atoms with Gasteiger partial charge in [0.05, 0.1) is 5.69 Å². The Morgan fingerprint density at radius 1 is 1.09 bits per heavy atom. The van der Waals surface area contributed by atoms with E-state index in [9.17, 15) is 13.2 Å². The van der Waals surface area contributed by atoms with Gasteiger partial charge in [-0.1, -0.05) is 17.7 Å². The molecule has 3 heterocycles. The van der Waals surface area contributed by atoms with Crippen molar-refractivity contribution >= 4 is 5.82 Å². The van der Waals surface area contributed by atoms with E-state index in [0.29, 0.717) is 44.7 Å². The third-order valence-electron chi connectivity index (χ3n) is 7.45. The van der Waals surface area contributed by atoms with E-state index in [1.165, 1.54) is 0 Å². The Bertz CT molecular complexity index is 1090. The minimum atomic E-state index is -4.56. The van der Waals surface area contributed by atoms with Crippen LogP contribution in [-0.2, 0) is 10.9 Å². The number of aryl methyl sites for hydroxylation is 2. The van der Waals surface area contributed by atoms with Gasteiger partial charge in [0.1, 0.15) is 5.56 Å². The number of likely N-dealkylation sites (tertiary alicyclic amines) is 1. The van der Waals surface area contributed by atoms with Crippen molar-refractivity contribution < 1.29 is 20.6 Å². The SMILES string of the molecule is [2H]C([2H])(C1CCOCC1)N1C[C@H]2CC(Nc3nnc(-c4cc(C)ccc4C)cc3C(F)(F)F)C[C@H]2C1. The number of alkyl halides is 3. The van der Waals surface area contributed by atoms with Crippen LogP contribution in [0.1, 0.15) is 45.1 Å². The zero-order valence-electron chi connectivity index (χ0n) is 21.7. The molecule has 2 aromatic rings. The lowest BCUT2D eigenvalue weighted by molar-refractivity contribution is -0.137. The van der Waals surface area contributed by atoms with Crippen LogP contribution >= 0.6 is 0 Å². The van der Waals surface area contributed by atoms with Crippen LogP contribution in [0, 0.1) is 31.6 Å². The summed E-state index contributed by atoms with van der Waals surface area (Å²) in [5, 5.41) is 11.2. The Morgan fingerprint density at radius 3 is 2.47 bits per heavy atom. The second kappa shape index (κ2) is 9.46. The zero-order chi connectivity index (χ0) is 25.7. The number of benzene rings is 1. The topological polar surface area (TPSA) is 50.3 Å². The molecule has 1 aromatic heterocycles. The molecule has 184 valence electrons. The molecule has 1 unspecified atom stereocenters. The molecule has 1 aliphatic carbocycles. The Labute approximate surface area is 201 Å². The lowest BCUT2D eigenvalue weighted by atomic mass is 10.00. The predicted octanol–water partition coefficient (Wildman–Crippen LogP) is 5.33. The van der Waals surface area contributed by atoms with Crippen molar-refractivity contribution in [3.8, 4) is 11.3 Å². The Balaban J connectivity index is 1.29. The number of nitrogens with one attached hydrogen (secondary N) is 1. The highest BCUT2D eigenvalue weighted by Gasteiger charge is 2.43. The van der Waals surface area contributed by atoms with Crippen molar-refractivity contribution in [2.24, 2.45) is 17.8 Å². The molecule has 0 radical (unpaired) electrons. The third-order valence-corrected chi connectivity index (χ3v) is 7.45. The number of fused-ring (bicyclic) bond motifs is 1. The van der Waals surface area contributed by atoms with Gasteiger partial charge >= 0.3 is 6.18 Å². The van der Waals surface area contributed by atoms with E-state index in [1.807, 2.05) is 36.9 Å². The highest BCUT2D eigenvalue weighted by molar-refractivity contribution is 5.66. The van der Waals surface area contributed by atoms with Gasteiger partial charge in [0, 0.05) is 47.1 Å². The smallest absolute Gasteiger partial charge is 0.381 e. The molecule has 1 aromatic carbocycles. The molecule has 3 fully saturated rings. The van der Waals surface area contributed by atoms with Gasteiger partial charge in [0.2, 0.25) is 0 Å². The predicted molar refractivity (Wildman–Crippen MR) is 126 cm³/mol. The van der Waals surface area contributed by atoms with E-state index in [4.69, 9.17) is 7.48 Å². The number of ether oxygens (including phenoxy) is 1. The minimum Gasteiger partial charge on any atom is -0.381 e. The van der Waals surface area contributed by atoms with Gasteiger partial charge in [-0.25, -0.2) is 0 Å². The van der Waals surface area contributed by atoms with E-state index in [1.54, 1.807) is 0 Å². The van der Waals surface area contributed by atoms with Gasteiger partial charge < -0.3 is 15.0 Å². The maximum absolute atomic E-state index is 14.0. The third kappa shape index (κ3) is 5.08. The average molecular weight is 477 g/mol. The maximum atomic E-state index is 14.0. The summed E-state index contributed by atoms with van der Waals surface area (Å²) in [5.41, 5.74) is 1.85. The molecule has 0 bridgehead atoms. The van der Waals surface area contributed by atoms with Gasteiger partial charge in [-0.05, 0) is 75.0 Å². The van der Waals surface area contributed by atoms with Crippen molar-refractivity contribution in [3.63, 3.8) is 0 Å². The number of anilines is 1. The molecule has 5 nitrogen and oxygen atoms in total. The van der Waals surface area contributed by atoms with E-state index < -0.39 is 18.2 Å². The van der Waals surface area contributed by atoms with Crippen LogP contribution in [0.2, 0.25) is 0 Å². The summed E-state index contributed by atoms with van der Waals surface area (Å²) in [6.45, 7) is 4.83. The van der Waals surface area contributed by atoms with Crippen molar-refractivity contribution in [2.45, 2.75) is 51.7 Å². The van der Waals surface area contributed by atoms with Crippen molar-refractivity contribution in [1.29, 1.82) is 0 Å². The normalized spacial score (nSPS) is 27.4. The average Bonchev–Trinajstić information content (AvgIpc) is 3.40. The second-order valence-electron chi connectivity index (χ2n) is 10.1. The van der Waals surface area contributed by atoms with Crippen LogP contribution in [0.4, 0.5) is 19.0 Å². The van der Waals surface area contributed by atoms with Crippen molar-refractivity contribution in [1.82, 2.24) is 15.1 Å². The Hall–Kier alpha value is -2.19. The number of hydrogen-bond acceptors (Lipinski definition) is 5. The molecule has 8 heteroatoms. The van der Waals surface area contributed by atoms with Gasteiger partial charge in [-0.15, -0.1) is 10.2 Å². The molecule has 1 saturated carbocycles. The minimum absolute atomic E-state index is 0.0424. The zero-order valence-corrected chi connectivity index (χ0v) is 19.7. The van der Waals surface area contributed by atoms with Gasteiger partial charge in [0.25, 0.3) is 0 Å². The number of aromatic nitrogens is 2. The largest absolute Gasteiger partial charge is 0.420 e. The van der Waals surface area contributed by atoms with Crippen LogP contribution in [0.25, 0.3) is 11.3 Å². The highest BCUT2D eigenvalue weighted by Crippen LogP contribution is 2.42. The standard InChI is InChI=1S/C26H33F3N4O/c1-16-3-4-17(2)22(9-16)24-12-23(26(27,28)29)25(32-31-24)30-21-10-19-14-33(15-20(19)11-21)13-18-5-7-34-8-6-18/h3-4,9,12,18-21H,5-8,10-11,13-15H2,1-2H3,(H,30,32)/t19-,20+,21?/i13D2. The number of halogens is 3. The number of nitrogens with zero attached hydrogens (tertiary/aromatic N) is 3. The fraction of sp³-hybridized carbons (Fsp3) is 0.615. The summed E-state index contributed by atoms with van der Waals surface area (Å²) in [7, 11) is 0. The quantitative estimate of drug-likeness (QED) is 0.632. The molecule has 5 rings (SSSR count). The summed E-state index contributed by atoms with van der Waals surface area (Å²) >= 11 is 0. The fourth-order valence-electron chi connectivity index (χ4n) is 5.66. The lowest BCUT2D eigenvalue weighted by Gasteiger charge is -2.28. The van der Waals surface area contributed by atoms with Crippen LogP contribution in [0.15, 0.2) is 24.3 Å². The van der Waals surface area contributed by atoms with Gasteiger partial charge in [0.15, 0.2) is 5.82 Å². The first-order chi connectivity index (χ1) is 17.0. The Morgan fingerprint density at radius 2 is 1.79 bits per heavy atom. The van der Waals surface area contributed by atoms with Crippen molar-refractivity contribution in [3.05, 3.63) is 41.0 Å². The monoisotopic (exact) mass is 476 g/mol. The van der Waals surface area contributed by atoms with Crippen LogP contribution in [0.3, 0.4) is 0 Å². The molecular weight excluding hydrogens is 441 g/mol. The summed E-state index contributed by atoms with van der Waals surface area (Å²) < 4.78 is 64.9. The summed E-state index contributed by atoms with van der Waals surface area (Å²) in [6, 6.07) is 6.57. The molecule has 0 spiro atoms. The molecule has 34 heavy (non-hydrogen) atoms. The molecule has 1 N–H and O–H groups in total. The van der Waals surface area contributed by atoms with Crippen molar-refractivity contribution in [2.75, 3.05) is 38.1 Å². The van der Waals surface area contributed by atoms with Gasteiger partial charge in [-0.2, -0.15) is 13.2 Å². The summed E-state index contributed by atoms with van der Waals surface area (Å²) in [5.74, 6) is 0.248. The number of hydrogen-bond donors (Lipinski definition) is 1. The molecule has 3 atom stereocenters. The second-order valence-corrected chi connectivity index (χ2v) is 10.1. The summed E-state index contributed by atoms with van der Waals surface area (Å²) in [4.78, 5) is 1.95. The first-order valence-corrected chi connectivity index (χ1v) is 12.1. The lowest BCUT2D eigenvalue weighted by Crippen LogP contribution is -2.32. The van der Waals surface area contributed by atoms with E-state index in [-0.39, 0.29) is 35.3 Å². The van der Waals surface area contributed by atoms with Crippen LogP contribution < -0.4 is 5.32 Å². The molecule has 0 amide bonds. The van der Waals surface area contributed by atoms with Crippen LogP contribution in [-0.4, -0.2) is 53.9 Å². The molecule has 3 aliphatic rings. The highest BCUT2D eigenvalue weighted by atomic mass is 19.4. The number of rotatable bonds is 5. The van der Waals surface area contributed by atoms with E-state index >= 15 is 0 Å². The van der Waals surface area contributed by atoms with Gasteiger partial charge in [-0.3, -0.25) is 0 Å². The first-order valence-electron chi connectivity index (χ1n) is 13.1. The molecule has 2 aliphatic heterocycles. The molecular formula is C26H33F3N4O. The maximum Gasteiger partial charge on any atom is 0.420 e. The molecule has 2 saturated heterocycles. The Kier molecular flexibility index (Phi) is 5.87.